The van der Waals surface area contributed by atoms with Crippen LogP contribution in [0, 0.1) is 10.1 Å². The Morgan fingerprint density at radius 1 is 1.19 bits per heavy atom. The minimum absolute atomic E-state index is 0.146. The van der Waals surface area contributed by atoms with Crippen LogP contribution in [0.5, 0.6) is 0 Å². The number of nitrogens with zero attached hydrogens (tertiary/aromatic N) is 1. The van der Waals surface area contributed by atoms with Crippen LogP contribution < -0.4 is 5.32 Å². The van der Waals surface area contributed by atoms with E-state index in [9.17, 15) is 19.7 Å². The fourth-order valence-electron chi connectivity index (χ4n) is 3.71. The molecule has 0 aliphatic carbocycles. The molecule has 1 N–H and O–H groups in total. The molecule has 0 bridgehead atoms. The minimum Gasteiger partial charge on any atom is -0.466 e. The Morgan fingerprint density at radius 2 is 1.81 bits per heavy atom. The maximum atomic E-state index is 13.1. The van der Waals surface area contributed by atoms with Gasteiger partial charge < -0.3 is 24.3 Å². The molecule has 0 aromatic heterocycles. The predicted octanol–water partition coefficient (Wildman–Crippen LogP) is 2.31. The summed E-state index contributed by atoms with van der Waals surface area (Å²) < 4.78 is 21.3. The molecule has 10 nitrogen and oxygen atoms in total. The van der Waals surface area contributed by atoms with Crippen molar-refractivity contribution < 1.29 is 33.5 Å². The first-order valence-electron chi connectivity index (χ1n) is 9.63. The summed E-state index contributed by atoms with van der Waals surface area (Å²) in [5.41, 5.74) is 1.48. The lowest BCUT2D eigenvalue weighted by Crippen LogP contribution is -2.36. The van der Waals surface area contributed by atoms with Crippen LogP contribution in [0.3, 0.4) is 0 Å². The van der Waals surface area contributed by atoms with Crippen LogP contribution in [0.4, 0.5) is 5.69 Å². The van der Waals surface area contributed by atoms with Gasteiger partial charge in [-0.15, -0.1) is 0 Å². The lowest BCUT2D eigenvalue weighted by molar-refractivity contribution is -0.384. The van der Waals surface area contributed by atoms with Gasteiger partial charge in [0.2, 0.25) is 0 Å². The fourth-order valence-corrected chi connectivity index (χ4v) is 3.71. The smallest absolute Gasteiger partial charge is 0.336 e. The van der Waals surface area contributed by atoms with E-state index >= 15 is 0 Å². The maximum Gasteiger partial charge on any atom is 0.336 e. The molecule has 1 fully saturated rings. The van der Waals surface area contributed by atoms with E-state index < -0.39 is 28.6 Å². The maximum absolute atomic E-state index is 13.1. The van der Waals surface area contributed by atoms with Crippen molar-refractivity contribution >= 4 is 17.6 Å². The van der Waals surface area contributed by atoms with Crippen molar-refractivity contribution in [1.82, 2.24) is 5.32 Å². The number of allylic oxidation sites excluding steroid dienone is 2. The number of esters is 2. The van der Waals surface area contributed by atoms with E-state index in [1.54, 1.807) is 26.8 Å². The number of nitrogens with one attached hydrogen (secondary N) is 1. The highest BCUT2D eigenvalue weighted by molar-refractivity contribution is 5.99. The van der Waals surface area contributed by atoms with E-state index in [4.69, 9.17) is 18.9 Å². The Labute approximate surface area is 178 Å². The summed E-state index contributed by atoms with van der Waals surface area (Å²) in [5.74, 6) is -3.33. The zero-order valence-corrected chi connectivity index (χ0v) is 17.7. The van der Waals surface area contributed by atoms with Crippen LogP contribution in [0.25, 0.3) is 0 Å². The second kappa shape index (κ2) is 8.86. The number of nitro benzene ring substituents is 1. The van der Waals surface area contributed by atoms with E-state index in [0.29, 0.717) is 30.2 Å². The molecule has 10 heteroatoms. The Kier molecular flexibility index (Phi) is 6.42. The number of hydrogen-bond donors (Lipinski definition) is 1. The van der Waals surface area contributed by atoms with Gasteiger partial charge in [0.25, 0.3) is 5.69 Å². The average molecular weight is 432 g/mol. The number of nitro groups is 1. The minimum atomic E-state index is -1.05. The molecule has 2 heterocycles. The van der Waals surface area contributed by atoms with Gasteiger partial charge >= 0.3 is 11.9 Å². The number of rotatable bonds is 6. The highest BCUT2D eigenvalue weighted by Crippen LogP contribution is 2.40. The van der Waals surface area contributed by atoms with Gasteiger partial charge in [0.1, 0.15) is 6.61 Å². The summed E-state index contributed by atoms with van der Waals surface area (Å²) >= 11 is 0. The van der Waals surface area contributed by atoms with Crippen molar-refractivity contribution in [3.05, 3.63) is 62.5 Å². The van der Waals surface area contributed by atoms with E-state index in [0.717, 1.165) is 0 Å². The molecule has 1 atom stereocenters. The van der Waals surface area contributed by atoms with E-state index in [2.05, 4.69) is 5.32 Å². The second-order valence-corrected chi connectivity index (χ2v) is 7.39. The van der Waals surface area contributed by atoms with Gasteiger partial charge in [-0.25, -0.2) is 9.59 Å². The zero-order valence-electron chi connectivity index (χ0n) is 17.7. The molecular weight excluding hydrogens is 408 g/mol. The van der Waals surface area contributed by atoms with Crippen LogP contribution in [-0.4, -0.2) is 49.6 Å². The molecule has 31 heavy (non-hydrogen) atoms. The van der Waals surface area contributed by atoms with Crippen LogP contribution in [-0.2, 0) is 28.5 Å². The van der Waals surface area contributed by atoms with Gasteiger partial charge in [-0.1, -0.05) is 12.1 Å². The number of non-ortho nitro benzene ring substituents is 1. The third kappa shape index (κ3) is 4.59. The van der Waals surface area contributed by atoms with Crippen LogP contribution in [0.15, 0.2) is 46.8 Å². The van der Waals surface area contributed by atoms with Crippen molar-refractivity contribution in [2.75, 3.05) is 26.9 Å². The van der Waals surface area contributed by atoms with E-state index in [-0.39, 0.29) is 23.4 Å². The largest absolute Gasteiger partial charge is 0.466 e. The number of methoxy groups -OCH3 is 1. The summed E-state index contributed by atoms with van der Waals surface area (Å²) in [5, 5.41) is 14.3. The summed E-state index contributed by atoms with van der Waals surface area (Å²) in [6.45, 7) is 5.63. The molecule has 1 unspecified atom stereocenters. The van der Waals surface area contributed by atoms with E-state index in [1.807, 2.05) is 0 Å². The van der Waals surface area contributed by atoms with Gasteiger partial charge in [0, 0.05) is 23.5 Å². The first kappa shape index (κ1) is 22.4. The van der Waals surface area contributed by atoms with Gasteiger partial charge in [-0.2, -0.15) is 0 Å². The van der Waals surface area contributed by atoms with Crippen LogP contribution in [0.2, 0.25) is 0 Å². The first-order chi connectivity index (χ1) is 14.7. The molecule has 2 aliphatic rings. The normalized spacial score (nSPS) is 20.3. The van der Waals surface area contributed by atoms with Gasteiger partial charge in [0.15, 0.2) is 5.79 Å². The highest BCUT2D eigenvalue weighted by Gasteiger charge is 2.40. The van der Waals surface area contributed by atoms with Gasteiger partial charge in [-0.3, -0.25) is 10.1 Å². The predicted molar refractivity (Wildman–Crippen MR) is 108 cm³/mol. The van der Waals surface area contributed by atoms with Gasteiger partial charge in [0.05, 0.1) is 42.3 Å². The summed E-state index contributed by atoms with van der Waals surface area (Å²) in [6, 6.07) is 5.78. The molecule has 1 aromatic rings. The molecule has 166 valence electrons. The fraction of sp³-hybridized carbons (Fsp3) is 0.429. The number of dihydropyridines is 1. The quantitative estimate of drug-likeness (QED) is 0.409. The molecule has 0 amide bonds. The number of carbonyl (C=O) groups excluding carboxylic acids is 2. The van der Waals surface area contributed by atoms with Crippen LogP contribution >= 0.6 is 0 Å². The Morgan fingerprint density at radius 3 is 2.39 bits per heavy atom. The average Bonchev–Trinajstić information content (AvgIpc) is 3.18. The standard InChI is InChI=1S/C21H24N2O8/c1-12-16(19(24)28-4)18(14-6-5-7-15(10-14)23(26)27)17(13(2)22-12)20(25)29-11-21(3)30-8-9-31-21/h5-7,10,18,22H,8-9,11H2,1-4H3. The summed E-state index contributed by atoms with van der Waals surface area (Å²) in [4.78, 5) is 36.5. The molecule has 1 aromatic carbocycles. The second-order valence-electron chi connectivity index (χ2n) is 7.39. The molecule has 0 saturated carbocycles. The number of benzene rings is 1. The van der Waals surface area contributed by atoms with Crippen molar-refractivity contribution in [1.29, 1.82) is 0 Å². The molecule has 0 spiro atoms. The number of hydrogen-bond acceptors (Lipinski definition) is 9. The highest BCUT2D eigenvalue weighted by atomic mass is 16.8. The molecular formula is C21H24N2O8. The third-order valence-electron chi connectivity index (χ3n) is 5.16. The molecule has 3 rings (SSSR count). The van der Waals surface area contributed by atoms with Crippen LogP contribution in [0.1, 0.15) is 32.3 Å². The summed E-state index contributed by atoms with van der Waals surface area (Å²) in [7, 11) is 1.23. The first-order valence-corrected chi connectivity index (χ1v) is 9.63. The van der Waals surface area contributed by atoms with E-state index in [1.165, 1.54) is 25.3 Å². The molecule has 1 saturated heterocycles. The monoisotopic (exact) mass is 432 g/mol. The SMILES string of the molecule is COC(=O)C1=C(C)NC(C)=C(C(=O)OCC2(C)OCCO2)C1c1cccc([N+](=O)[O-])c1. The third-order valence-corrected chi connectivity index (χ3v) is 5.16. The lowest BCUT2D eigenvalue weighted by atomic mass is 9.80. The molecule has 0 radical (unpaired) electrons. The van der Waals surface area contributed by atoms with Crippen molar-refractivity contribution in [3.63, 3.8) is 0 Å². The van der Waals surface area contributed by atoms with Crippen molar-refractivity contribution in [3.8, 4) is 0 Å². The van der Waals surface area contributed by atoms with Crippen molar-refractivity contribution in [2.24, 2.45) is 0 Å². The van der Waals surface area contributed by atoms with Gasteiger partial charge in [-0.05, 0) is 26.3 Å². The number of carbonyl (C=O) groups is 2. The molecule has 2 aliphatic heterocycles. The Bertz CT molecular complexity index is 975. The lowest BCUT2D eigenvalue weighted by Gasteiger charge is -2.31. The topological polar surface area (TPSA) is 126 Å². The zero-order chi connectivity index (χ0) is 22.8. The summed E-state index contributed by atoms with van der Waals surface area (Å²) in [6.07, 6.45) is 0. The Balaban J connectivity index is 2.03. The van der Waals surface area contributed by atoms with Crippen molar-refractivity contribution in [2.45, 2.75) is 32.5 Å². The number of ether oxygens (including phenoxy) is 4. The Hall–Kier alpha value is -3.24.